The van der Waals surface area contributed by atoms with E-state index in [1.807, 2.05) is 13.8 Å². The summed E-state index contributed by atoms with van der Waals surface area (Å²) in [6.45, 7) is 4.03. The summed E-state index contributed by atoms with van der Waals surface area (Å²) in [6, 6.07) is 0. The molecule has 1 unspecified atom stereocenters. The van der Waals surface area contributed by atoms with Gasteiger partial charge in [0.2, 0.25) is 0 Å². The second kappa shape index (κ2) is 3.28. The zero-order chi connectivity index (χ0) is 6.62. The van der Waals surface area contributed by atoms with Gasteiger partial charge < -0.3 is 0 Å². The third-order valence-electron chi connectivity index (χ3n) is 1.42. The van der Waals surface area contributed by atoms with Crippen molar-refractivity contribution in [2.24, 2.45) is 5.84 Å². The van der Waals surface area contributed by atoms with E-state index in [0.717, 1.165) is 6.42 Å². The second-order valence-corrected chi connectivity index (χ2v) is 2.46. The molecule has 0 radical (unpaired) electrons. The van der Waals surface area contributed by atoms with Crippen LogP contribution in [0.3, 0.4) is 0 Å². The first-order valence-electron chi connectivity index (χ1n) is 2.72. The van der Waals surface area contributed by atoms with Gasteiger partial charge in [-0.15, -0.1) is 11.6 Å². The fraction of sp³-hybridized carbons (Fsp3) is 1.00. The van der Waals surface area contributed by atoms with Crippen LogP contribution < -0.4 is 11.3 Å². The summed E-state index contributed by atoms with van der Waals surface area (Å²) >= 11 is 5.57. The summed E-state index contributed by atoms with van der Waals surface area (Å²) in [5.41, 5.74) is 2.56. The second-order valence-electron chi connectivity index (χ2n) is 2.19. The van der Waals surface area contributed by atoms with Crippen LogP contribution in [0.5, 0.6) is 0 Å². The van der Waals surface area contributed by atoms with Crippen molar-refractivity contribution in [3.05, 3.63) is 0 Å². The lowest BCUT2D eigenvalue weighted by molar-refractivity contribution is 0.391. The predicted octanol–water partition coefficient (Wildman–Crippen LogP) is 0.857. The van der Waals surface area contributed by atoms with Gasteiger partial charge in [0.05, 0.1) is 0 Å². The summed E-state index contributed by atoms with van der Waals surface area (Å²) in [5.74, 6) is 5.75. The Balaban J connectivity index is 3.58. The minimum atomic E-state index is -0.0818. The molecule has 0 aliphatic rings. The van der Waals surface area contributed by atoms with Crippen molar-refractivity contribution >= 4 is 11.6 Å². The van der Waals surface area contributed by atoms with Gasteiger partial charge in [-0.3, -0.25) is 11.3 Å². The number of rotatable bonds is 3. The Morgan fingerprint density at radius 1 is 1.75 bits per heavy atom. The highest BCUT2D eigenvalue weighted by Gasteiger charge is 2.16. The van der Waals surface area contributed by atoms with Crippen LogP contribution in [0.2, 0.25) is 0 Å². The highest BCUT2D eigenvalue weighted by atomic mass is 35.5. The molecule has 0 bridgehead atoms. The molecule has 0 amide bonds. The summed E-state index contributed by atoms with van der Waals surface area (Å²) in [4.78, 5) is 0. The largest absolute Gasteiger partial charge is 0.271 e. The number of hydrogen-bond donors (Lipinski definition) is 2. The van der Waals surface area contributed by atoms with Crippen molar-refractivity contribution in [2.45, 2.75) is 25.8 Å². The van der Waals surface area contributed by atoms with E-state index in [1.165, 1.54) is 0 Å². The first-order chi connectivity index (χ1) is 3.68. The normalized spacial score (nSPS) is 18.0. The molecule has 0 aliphatic carbocycles. The lowest BCUT2D eigenvalue weighted by Crippen LogP contribution is -2.47. The van der Waals surface area contributed by atoms with Crippen LogP contribution in [-0.2, 0) is 0 Å². The third kappa shape index (κ3) is 1.99. The van der Waals surface area contributed by atoms with Gasteiger partial charge in [0, 0.05) is 11.4 Å². The fourth-order valence-corrected chi connectivity index (χ4v) is 0.501. The first-order valence-corrected chi connectivity index (χ1v) is 3.25. The molecule has 0 aliphatic heterocycles. The summed E-state index contributed by atoms with van der Waals surface area (Å²) in [5, 5.41) is 0. The van der Waals surface area contributed by atoms with E-state index in [2.05, 4.69) is 5.43 Å². The van der Waals surface area contributed by atoms with Gasteiger partial charge in [-0.25, -0.2) is 0 Å². The third-order valence-corrected chi connectivity index (χ3v) is 2.01. The van der Waals surface area contributed by atoms with Crippen LogP contribution in [0, 0.1) is 0 Å². The Hall–Kier alpha value is 0.210. The maximum atomic E-state index is 5.57. The van der Waals surface area contributed by atoms with Crippen LogP contribution in [-0.4, -0.2) is 11.4 Å². The quantitative estimate of drug-likeness (QED) is 0.343. The molecule has 0 spiro atoms. The summed E-state index contributed by atoms with van der Waals surface area (Å²) < 4.78 is 0. The number of alkyl halides is 1. The standard InChI is InChI=1S/C5H13ClN2/c1-3-5(2,4-6)8-7/h8H,3-4,7H2,1-2H3. The van der Waals surface area contributed by atoms with E-state index >= 15 is 0 Å². The van der Waals surface area contributed by atoms with Crippen LogP contribution >= 0.6 is 11.6 Å². The molecular formula is C5H13ClN2. The molecule has 0 aromatic heterocycles. The monoisotopic (exact) mass is 136 g/mol. The van der Waals surface area contributed by atoms with Gasteiger partial charge in [-0.05, 0) is 13.3 Å². The van der Waals surface area contributed by atoms with Crippen molar-refractivity contribution in [3.8, 4) is 0 Å². The molecule has 2 nitrogen and oxygen atoms in total. The van der Waals surface area contributed by atoms with Gasteiger partial charge in [0.15, 0.2) is 0 Å². The lowest BCUT2D eigenvalue weighted by Gasteiger charge is -2.23. The summed E-state index contributed by atoms with van der Waals surface area (Å²) in [6.07, 6.45) is 0.951. The highest BCUT2D eigenvalue weighted by molar-refractivity contribution is 6.18. The molecule has 0 fully saturated rings. The highest BCUT2D eigenvalue weighted by Crippen LogP contribution is 2.08. The molecular weight excluding hydrogens is 124 g/mol. The molecule has 0 saturated carbocycles. The van der Waals surface area contributed by atoms with Crippen molar-refractivity contribution in [3.63, 3.8) is 0 Å². The molecule has 0 rings (SSSR count). The van der Waals surface area contributed by atoms with Crippen LogP contribution in [0.4, 0.5) is 0 Å². The minimum absolute atomic E-state index is 0.0818. The van der Waals surface area contributed by atoms with Crippen molar-refractivity contribution in [1.29, 1.82) is 0 Å². The smallest absolute Gasteiger partial charge is 0.0425 e. The Bertz CT molecular complexity index is 53.2. The van der Waals surface area contributed by atoms with E-state index in [-0.39, 0.29) is 5.54 Å². The summed E-state index contributed by atoms with van der Waals surface area (Å²) in [7, 11) is 0. The maximum absolute atomic E-state index is 5.57. The molecule has 50 valence electrons. The van der Waals surface area contributed by atoms with Gasteiger partial charge >= 0.3 is 0 Å². The number of nitrogens with two attached hydrogens (primary N) is 1. The molecule has 0 saturated heterocycles. The van der Waals surface area contributed by atoms with Gasteiger partial charge in [0.1, 0.15) is 0 Å². The molecule has 8 heavy (non-hydrogen) atoms. The lowest BCUT2D eigenvalue weighted by atomic mass is 10.0. The average Bonchev–Trinajstić information content (AvgIpc) is 1.87. The first kappa shape index (κ1) is 8.21. The number of hydrazine groups is 1. The molecule has 0 heterocycles. The fourth-order valence-electron chi connectivity index (χ4n) is 0.235. The van der Waals surface area contributed by atoms with Crippen LogP contribution in [0.25, 0.3) is 0 Å². The Morgan fingerprint density at radius 2 is 2.25 bits per heavy atom. The molecule has 1 atom stereocenters. The number of halogens is 1. The van der Waals surface area contributed by atoms with Gasteiger partial charge in [-0.1, -0.05) is 6.92 Å². The average molecular weight is 137 g/mol. The van der Waals surface area contributed by atoms with Crippen LogP contribution in [0.1, 0.15) is 20.3 Å². The predicted molar refractivity (Wildman–Crippen MR) is 36.7 cm³/mol. The Kier molecular flexibility index (Phi) is 3.36. The number of nitrogens with one attached hydrogen (secondary N) is 1. The molecule has 3 heteroatoms. The minimum Gasteiger partial charge on any atom is -0.271 e. The Labute approximate surface area is 55.4 Å². The molecule has 0 aromatic rings. The number of hydrogen-bond acceptors (Lipinski definition) is 2. The zero-order valence-corrected chi connectivity index (χ0v) is 6.13. The van der Waals surface area contributed by atoms with E-state index in [4.69, 9.17) is 17.4 Å². The van der Waals surface area contributed by atoms with E-state index in [0.29, 0.717) is 5.88 Å². The zero-order valence-electron chi connectivity index (χ0n) is 5.37. The molecule has 0 aromatic carbocycles. The SMILES string of the molecule is CCC(C)(CCl)NN. The van der Waals surface area contributed by atoms with Gasteiger partial charge in [-0.2, -0.15) is 0 Å². The maximum Gasteiger partial charge on any atom is 0.0425 e. The van der Waals surface area contributed by atoms with Crippen molar-refractivity contribution < 1.29 is 0 Å². The van der Waals surface area contributed by atoms with E-state index in [1.54, 1.807) is 0 Å². The van der Waals surface area contributed by atoms with Crippen LogP contribution in [0.15, 0.2) is 0 Å². The Morgan fingerprint density at radius 3 is 2.25 bits per heavy atom. The molecule has 3 N–H and O–H groups in total. The van der Waals surface area contributed by atoms with Gasteiger partial charge in [0.25, 0.3) is 0 Å². The van der Waals surface area contributed by atoms with Crippen molar-refractivity contribution in [2.75, 3.05) is 5.88 Å². The van der Waals surface area contributed by atoms with E-state index in [9.17, 15) is 0 Å². The van der Waals surface area contributed by atoms with E-state index < -0.39 is 0 Å². The topological polar surface area (TPSA) is 38.0 Å². The van der Waals surface area contributed by atoms with Crippen molar-refractivity contribution in [1.82, 2.24) is 5.43 Å².